The van der Waals surface area contributed by atoms with Crippen LogP contribution in [0.15, 0.2) is 12.1 Å². The molecule has 6 nitrogen and oxygen atoms in total. The Labute approximate surface area is 172 Å². The molecule has 28 heavy (non-hydrogen) atoms. The van der Waals surface area contributed by atoms with Gasteiger partial charge in [0.2, 0.25) is 5.91 Å². The zero-order chi connectivity index (χ0) is 20.4. The van der Waals surface area contributed by atoms with Crippen LogP contribution in [0.25, 0.3) is 0 Å². The quantitative estimate of drug-likeness (QED) is 0.591. The van der Waals surface area contributed by atoms with E-state index in [9.17, 15) is 9.59 Å². The van der Waals surface area contributed by atoms with Crippen molar-refractivity contribution < 1.29 is 19.1 Å². The number of halogens is 1. The molecule has 1 fully saturated rings. The highest BCUT2D eigenvalue weighted by Gasteiger charge is 2.18. The molecule has 1 aromatic rings. The number of carbonyl (C=O) groups excluding carboxylic acids is 2. The summed E-state index contributed by atoms with van der Waals surface area (Å²) in [6.07, 6.45) is 5.36. The third-order valence-electron chi connectivity index (χ3n) is 4.58. The maximum Gasteiger partial charge on any atom is 0.251 e. The molecule has 1 aliphatic heterocycles. The number of ether oxygens (including phenoxy) is 2. The van der Waals surface area contributed by atoms with E-state index in [0.29, 0.717) is 54.8 Å². The van der Waals surface area contributed by atoms with E-state index in [2.05, 4.69) is 5.32 Å². The molecule has 2 amide bonds. The second kappa shape index (κ2) is 11.8. The van der Waals surface area contributed by atoms with Crippen LogP contribution in [0.1, 0.15) is 62.7 Å². The second-order valence-corrected chi connectivity index (χ2v) is 7.27. The highest BCUT2D eigenvalue weighted by Crippen LogP contribution is 2.36. The van der Waals surface area contributed by atoms with E-state index < -0.39 is 0 Å². The van der Waals surface area contributed by atoms with E-state index in [1.807, 2.05) is 18.7 Å². The van der Waals surface area contributed by atoms with Crippen LogP contribution in [0.2, 0.25) is 5.02 Å². The molecule has 1 aromatic carbocycles. The van der Waals surface area contributed by atoms with Gasteiger partial charge in [0.25, 0.3) is 5.91 Å². The summed E-state index contributed by atoms with van der Waals surface area (Å²) in [5.41, 5.74) is 0.433. The molecule has 1 N–H and O–H groups in total. The van der Waals surface area contributed by atoms with Crippen LogP contribution in [-0.4, -0.2) is 49.6 Å². The first-order valence-corrected chi connectivity index (χ1v) is 10.6. The van der Waals surface area contributed by atoms with Gasteiger partial charge in [0, 0.05) is 31.6 Å². The molecule has 0 bridgehead atoms. The number of benzene rings is 1. The van der Waals surface area contributed by atoms with Crippen LogP contribution in [0.5, 0.6) is 11.5 Å². The molecular formula is C21H31ClN2O4. The first-order chi connectivity index (χ1) is 13.6. The highest BCUT2D eigenvalue weighted by molar-refractivity contribution is 6.32. The fourth-order valence-corrected chi connectivity index (χ4v) is 3.42. The third-order valence-corrected chi connectivity index (χ3v) is 4.86. The largest absolute Gasteiger partial charge is 0.490 e. The fraction of sp³-hybridized carbons (Fsp3) is 0.619. The van der Waals surface area contributed by atoms with E-state index in [1.165, 1.54) is 0 Å². The summed E-state index contributed by atoms with van der Waals surface area (Å²) in [7, 11) is 0. The zero-order valence-corrected chi connectivity index (χ0v) is 17.6. The third kappa shape index (κ3) is 6.59. The summed E-state index contributed by atoms with van der Waals surface area (Å²) in [6.45, 7) is 6.85. The molecule has 156 valence electrons. The number of hydrogen-bond acceptors (Lipinski definition) is 4. The first kappa shape index (κ1) is 22.3. The van der Waals surface area contributed by atoms with Crippen molar-refractivity contribution in [1.29, 1.82) is 0 Å². The van der Waals surface area contributed by atoms with E-state index in [1.54, 1.807) is 12.1 Å². The van der Waals surface area contributed by atoms with Gasteiger partial charge in [0.15, 0.2) is 11.5 Å². The van der Waals surface area contributed by atoms with Crippen molar-refractivity contribution in [3.05, 3.63) is 22.7 Å². The smallest absolute Gasteiger partial charge is 0.251 e. The van der Waals surface area contributed by atoms with Crippen LogP contribution in [0, 0.1) is 0 Å². The van der Waals surface area contributed by atoms with Gasteiger partial charge in [-0.25, -0.2) is 0 Å². The molecule has 2 rings (SSSR count). The van der Waals surface area contributed by atoms with Crippen molar-refractivity contribution in [2.75, 3.05) is 32.8 Å². The van der Waals surface area contributed by atoms with Gasteiger partial charge in [-0.15, -0.1) is 0 Å². The lowest BCUT2D eigenvalue weighted by molar-refractivity contribution is -0.130. The Morgan fingerprint density at radius 2 is 2.04 bits per heavy atom. The Hall–Kier alpha value is -1.95. The Morgan fingerprint density at radius 3 is 2.79 bits per heavy atom. The van der Waals surface area contributed by atoms with Gasteiger partial charge in [-0.05, 0) is 44.7 Å². The van der Waals surface area contributed by atoms with Crippen molar-refractivity contribution in [2.24, 2.45) is 0 Å². The molecule has 0 spiro atoms. The molecule has 0 aliphatic carbocycles. The highest BCUT2D eigenvalue weighted by atomic mass is 35.5. The molecule has 7 heteroatoms. The predicted molar refractivity (Wildman–Crippen MR) is 110 cm³/mol. The summed E-state index contributed by atoms with van der Waals surface area (Å²) in [4.78, 5) is 26.4. The number of carbonyl (C=O) groups is 2. The van der Waals surface area contributed by atoms with E-state index >= 15 is 0 Å². The van der Waals surface area contributed by atoms with E-state index in [-0.39, 0.29) is 11.8 Å². The Kier molecular flexibility index (Phi) is 9.41. The topological polar surface area (TPSA) is 67.9 Å². The lowest BCUT2D eigenvalue weighted by Crippen LogP contribution is -2.34. The maximum atomic E-state index is 12.5. The van der Waals surface area contributed by atoms with Crippen molar-refractivity contribution in [3.8, 4) is 11.5 Å². The normalized spacial score (nSPS) is 14.5. The molecule has 0 aromatic heterocycles. The Balaban J connectivity index is 1.91. The molecule has 0 saturated carbocycles. The zero-order valence-electron chi connectivity index (χ0n) is 16.9. The molecule has 0 unspecified atom stereocenters. The summed E-state index contributed by atoms with van der Waals surface area (Å²) < 4.78 is 11.3. The van der Waals surface area contributed by atoms with Crippen LogP contribution in [-0.2, 0) is 4.79 Å². The predicted octanol–water partition coefficient (Wildman–Crippen LogP) is 4.05. The number of nitrogens with zero attached hydrogens (tertiary/aromatic N) is 1. The molecule has 1 aliphatic rings. The van der Waals surface area contributed by atoms with Crippen LogP contribution in [0.4, 0.5) is 0 Å². The first-order valence-electron chi connectivity index (χ1n) is 10.2. The molecule has 0 radical (unpaired) electrons. The van der Waals surface area contributed by atoms with Crippen LogP contribution >= 0.6 is 11.6 Å². The minimum atomic E-state index is -0.216. The van der Waals surface area contributed by atoms with Gasteiger partial charge in [-0.2, -0.15) is 0 Å². The molecule has 1 heterocycles. The number of nitrogens with one attached hydrogen (secondary N) is 1. The number of amides is 2. The Morgan fingerprint density at radius 1 is 1.21 bits per heavy atom. The van der Waals surface area contributed by atoms with Gasteiger partial charge >= 0.3 is 0 Å². The average Bonchev–Trinajstić information content (AvgIpc) is 2.88. The number of hydrogen-bond donors (Lipinski definition) is 1. The summed E-state index contributed by atoms with van der Waals surface area (Å²) in [5, 5.41) is 3.26. The number of rotatable bonds is 10. The van der Waals surface area contributed by atoms with Crippen molar-refractivity contribution in [3.63, 3.8) is 0 Å². The van der Waals surface area contributed by atoms with Crippen molar-refractivity contribution in [1.82, 2.24) is 10.2 Å². The van der Waals surface area contributed by atoms with Crippen LogP contribution in [0.3, 0.4) is 0 Å². The average molecular weight is 411 g/mol. The maximum absolute atomic E-state index is 12.5. The summed E-state index contributed by atoms with van der Waals surface area (Å²) >= 11 is 6.32. The standard InChI is InChI=1S/C21H31ClN2O4/c1-3-13-28-20-17(22)14-16(15-18(20)27-4-2)21(26)23-10-8-12-24-11-7-5-6-9-19(24)25/h14-15H,3-13H2,1-2H3,(H,23,26). The monoisotopic (exact) mass is 410 g/mol. The molecule has 0 atom stereocenters. The van der Waals surface area contributed by atoms with Crippen molar-refractivity contribution >= 4 is 23.4 Å². The van der Waals surface area contributed by atoms with Gasteiger partial charge in [-0.3, -0.25) is 9.59 Å². The van der Waals surface area contributed by atoms with E-state index in [4.69, 9.17) is 21.1 Å². The van der Waals surface area contributed by atoms with Gasteiger partial charge in [0.1, 0.15) is 0 Å². The number of likely N-dealkylation sites (tertiary alicyclic amines) is 1. The minimum absolute atomic E-state index is 0.216. The lowest BCUT2D eigenvalue weighted by Gasteiger charge is -2.20. The SMILES string of the molecule is CCCOc1c(Cl)cc(C(=O)NCCCN2CCCCCC2=O)cc1OCC. The Bertz CT molecular complexity index is 666. The van der Waals surface area contributed by atoms with Gasteiger partial charge in [0.05, 0.1) is 18.2 Å². The molecule has 1 saturated heterocycles. The van der Waals surface area contributed by atoms with Gasteiger partial charge < -0.3 is 19.7 Å². The molecular weight excluding hydrogens is 380 g/mol. The van der Waals surface area contributed by atoms with Crippen molar-refractivity contribution in [2.45, 2.75) is 52.4 Å². The summed E-state index contributed by atoms with van der Waals surface area (Å²) in [6, 6.07) is 3.26. The summed E-state index contributed by atoms with van der Waals surface area (Å²) in [5.74, 6) is 0.956. The van der Waals surface area contributed by atoms with Crippen LogP contribution < -0.4 is 14.8 Å². The second-order valence-electron chi connectivity index (χ2n) is 6.87. The van der Waals surface area contributed by atoms with E-state index in [0.717, 1.165) is 38.6 Å². The fourth-order valence-electron chi connectivity index (χ4n) is 3.16. The van der Waals surface area contributed by atoms with Gasteiger partial charge in [-0.1, -0.05) is 24.9 Å². The lowest BCUT2D eigenvalue weighted by atomic mass is 10.2. The minimum Gasteiger partial charge on any atom is -0.490 e.